The van der Waals surface area contributed by atoms with E-state index in [4.69, 9.17) is 9.71 Å². The third-order valence-corrected chi connectivity index (χ3v) is 4.44. The number of nitrogens with zero attached hydrogens (tertiary/aromatic N) is 3. The molecule has 22 heavy (non-hydrogen) atoms. The summed E-state index contributed by atoms with van der Waals surface area (Å²) in [5.74, 6) is 0.478. The average molecular weight is 378 g/mol. The van der Waals surface area contributed by atoms with Crippen LogP contribution in [-0.2, 0) is 11.1 Å². The number of para-hydroxylation sites is 1. The third kappa shape index (κ3) is 4.73. The quantitative estimate of drug-likeness (QED) is 0.411. The van der Waals surface area contributed by atoms with Crippen molar-refractivity contribution in [2.24, 2.45) is 5.11 Å². The molecule has 0 amide bonds. The first-order valence-corrected chi connectivity index (χ1v) is 8.35. The molecule has 0 N–H and O–H groups in total. The van der Waals surface area contributed by atoms with E-state index < -0.39 is 11.1 Å². The number of rotatable bonds is 6. The first-order chi connectivity index (χ1) is 10.7. The molecule has 0 radical (unpaired) electrons. The van der Waals surface area contributed by atoms with Gasteiger partial charge in [0.15, 0.2) is 0 Å². The molecule has 7 heteroatoms. The minimum Gasteiger partial charge on any atom is -0.400 e. The van der Waals surface area contributed by atoms with Crippen molar-refractivity contribution in [1.82, 2.24) is 0 Å². The Kier molecular flexibility index (Phi) is 6.21. The Morgan fingerprint density at radius 1 is 1.14 bits per heavy atom. The van der Waals surface area contributed by atoms with Gasteiger partial charge in [0.05, 0.1) is 5.75 Å². The summed E-state index contributed by atoms with van der Waals surface area (Å²) in [5, 5.41) is 3.62. The molecule has 2 aromatic rings. The van der Waals surface area contributed by atoms with Crippen molar-refractivity contribution >= 4 is 31.5 Å². The summed E-state index contributed by atoms with van der Waals surface area (Å²) in [4.78, 5) is 2.79. The zero-order valence-electron chi connectivity index (χ0n) is 11.4. The van der Waals surface area contributed by atoms with Gasteiger partial charge in [0.2, 0.25) is 11.1 Å². The molecule has 0 heterocycles. The molecule has 0 bridgehead atoms. The maximum Gasteiger partial charge on any atom is 0.210 e. The molecule has 0 saturated heterocycles. The Morgan fingerprint density at radius 3 is 2.32 bits per heavy atom. The van der Waals surface area contributed by atoms with Gasteiger partial charge in [0.25, 0.3) is 0 Å². The van der Waals surface area contributed by atoms with E-state index in [9.17, 15) is 4.21 Å². The molecule has 0 fully saturated rings. The summed E-state index contributed by atoms with van der Waals surface area (Å²) in [6, 6.07) is 18.2. The van der Waals surface area contributed by atoms with Gasteiger partial charge in [-0.3, -0.25) is 0 Å². The number of hydrogen-bond donors (Lipinski definition) is 0. The summed E-state index contributed by atoms with van der Waals surface area (Å²) >= 11 is 1.74. The summed E-state index contributed by atoms with van der Waals surface area (Å²) in [7, 11) is 0. The summed E-state index contributed by atoms with van der Waals surface area (Å²) in [5.41, 5.74) is 9.86. The molecule has 2 rings (SSSR count). The Labute approximate surface area is 139 Å². The number of benzene rings is 2. The highest BCUT2D eigenvalue weighted by atomic mass is 79.9. The zero-order valence-corrected chi connectivity index (χ0v) is 13.8. The first-order valence-electron chi connectivity index (χ1n) is 6.31. The van der Waals surface area contributed by atoms with Crippen LogP contribution in [-0.4, -0.2) is 9.96 Å². The monoisotopic (exact) mass is 377 g/mol. The van der Waals surface area contributed by atoms with Crippen LogP contribution in [0.15, 0.2) is 71.5 Å². The number of azide groups is 1. The second-order valence-electron chi connectivity index (χ2n) is 4.16. The van der Waals surface area contributed by atoms with Crippen molar-refractivity contribution in [1.29, 1.82) is 0 Å². The summed E-state index contributed by atoms with van der Waals surface area (Å²) in [6.45, 7) is 0. The second kappa shape index (κ2) is 8.38. The van der Waals surface area contributed by atoms with Gasteiger partial charge in [-0.2, -0.15) is 0 Å². The van der Waals surface area contributed by atoms with E-state index in [1.807, 2.05) is 36.4 Å². The lowest BCUT2D eigenvalue weighted by Crippen LogP contribution is -2.07. The van der Waals surface area contributed by atoms with Gasteiger partial charge >= 0.3 is 0 Å². The van der Waals surface area contributed by atoms with Crippen molar-refractivity contribution in [3.8, 4) is 5.75 Å². The largest absolute Gasteiger partial charge is 0.400 e. The van der Waals surface area contributed by atoms with Crippen LogP contribution in [0.5, 0.6) is 5.75 Å². The standard InChI is InChI=1S/C15H12BrN3O2S/c16-15(12-7-3-1-4-8-12)14(18-19-17)11-22(20)21-13-9-5-2-6-10-13/h1-10H,11H2/b15-14+. The smallest absolute Gasteiger partial charge is 0.210 e. The Balaban J connectivity index is 2.19. The molecule has 0 aliphatic heterocycles. The van der Waals surface area contributed by atoms with Gasteiger partial charge in [-0.15, -0.1) is 0 Å². The predicted octanol–water partition coefficient (Wildman–Crippen LogP) is 4.80. The highest BCUT2D eigenvalue weighted by Crippen LogP contribution is 2.26. The zero-order chi connectivity index (χ0) is 15.8. The lowest BCUT2D eigenvalue weighted by molar-refractivity contribution is 0.564. The Morgan fingerprint density at radius 2 is 1.73 bits per heavy atom. The maximum atomic E-state index is 12.1. The normalized spacial score (nSPS) is 12.8. The molecule has 1 unspecified atom stereocenters. The van der Waals surface area contributed by atoms with Gasteiger partial charge in [0, 0.05) is 15.1 Å². The van der Waals surface area contributed by atoms with Crippen molar-refractivity contribution in [2.45, 2.75) is 0 Å². The second-order valence-corrected chi connectivity index (χ2v) is 6.02. The van der Waals surface area contributed by atoms with Crippen LogP contribution in [0.2, 0.25) is 0 Å². The van der Waals surface area contributed by atoms with E-state index >= 15 is 0 Å². The predicted molar refractivity (Wildman–Crippen MR) is 91.5 cm³/mol. The minimum atomic E-state index is -1.65. The number of halogens is 1. The molecule has 112 valence electrons. The fourth-order valence-corrected chi connectivity index (χ4v) is 3.15. The van der Waals surface area contributed by atoms with Crippen molar-refractivity contribution in [3.63, 3.8) is 0 Å². The van der Waals surface area contributed by atoms with Crippen molar-refractivity contribution in [2.75, 3.05) is 5.75 Å². The van der Waals surface area contributed by atoms with E-state index in [0.717, 1.165) is 5.56 Å². The molecular weight excluding hydrogens is 366 g/mol. The fraction of sp³-hybridized carbons (Fsp3) is 0.0667. The van der Waals surface area contributed by atoms with Crippen LogP contribution in [0.4, 0.5) is 0 Å². The molecule has 1 atom stereocenters. The molecule has 0 aromatic heterocycles. The average Bonchev–Trinajstić information content (AvgIpc) is 2.55. The van der Waals surface area contributed by atoms with Gasteiger partial charge in [-0.1, -0.05) is 69.6 Å². The first kappa shape index (κ1) is 16.3. The van der Waals surface area contributed by atoms with Crippen LogP contribution in [0, 0.1) is 0 Å². The highest BCUT2D eigenvalue weighted by Gasteiger charge is 2.11. The van der Waals surface area contributed by atoms with E-state index in [1.165, 1.54) is 0 Å². The topological polar surface area (TPSA) is 75.1 Å². The fourth-order valence-electron chi connectivity index (χ4n) is 1.67. The highest BCUT2D eigenvalue weighted by molar-refractivity contribution is 9.15. The Hall–Kier alpha value is -2.08. The lowest BCUT2D eigenvalue weighted by atomic mass is 10.2. The van der Waals surface area contributed by atoms with Crippen molar-refractivity contribution < 1.29 is 8.39 Å². The van der Waals surface area contributed by atoms with Crippen LogP contribution in [0.25, 0.3) is 14.9 Å². The summed E-state index contributed by atoms with van der Waals surface area (Å²) in [6.07, 6.45) is 0. The molecule has 5 nitrogen and oxygen atoms in total. The molecule has 0 aliphatic carbocycles. The third-order valence-electron chi connectivity index (χ3n) is 2.63. The number of hydrogen-bond acceptors (Lipinski definition) is 3. The van der Waals surface area contributed by atoms with Gasteiger partial charge < -0.3 is 4.18 Å². The minimum absolute atomic E-state index is 0.0194. The van der Waals surface area contributed by atoms with Crippen LogP contribution in [0.1, 0.15) is 5.56 Å². The van der Waals surface area contributed by atoms with Crippen LogP contribution >= 0.6 is 15.9 Å². The molecule has 0 aliphatic rings. The molecular formula is C15H12BrN3O2S. The molecule has 0 spiro atoms. The molecule has 0 saturated carbocycles. The van der Waals surface area contributed by atoms with Gasteiger partial charge in [0.1, 0.15) is 5.75 Å². The van der Waals surface area contributed by atoms with E-state index in [0.29, 0.717) is 15.9 Å². The van der Waals surface area contributed by atoms with E-state index in [-0.39, 0.29) is 5.75 Å². The van der Waals surface area contributed by atoms with E-state index in [1.54, 1.807) is 24.3 Å². The van der Waals surface area contributed by atoms with Gasteiger partial charge in [-0.05, 0) is 23.2 Å². The van der Waals surface area contributed by atoms with Crippen molar-refractivity contribution in [3.05, 3.63) is 82.4 Å². The summed E-state index contributed by atoms with van der Waals surface area (Å²) < 4.78 is 18.0. The van der Waals surface area contributed by atoms with E-state index in [2.05, 4.69) is 26.0 Å². The van der Waals surface area contributed by atoms with Gasteiger partial charge in [-0.25, -0.2) is 4.21 Å². The van der Waals surface area contributed by atoms with Crippen LogP contribution in [0.3, 0.4) is 0 Å². The maximum absolute atomic E-state index is 12.1. The molecule has 2 aromatic carbocycles. The SMILES string of the molecule is [N-]=[N+]=N/C(CS(=O)Oc1ccccc1)=C(/Br)c1ccccc1. The lowest BCUT2D eigenvalue weighted by Gasteiger charge is -2.07. The van der Waals surface area contributed by atoms with Crippen LogP contribution < -0.4 is 4.18 Å². The Bertz CT molecular complexity index is 729.